The molecule has 3 rings (SSSR count). The SMILES string of the molecule is C=CC[C@@H](OCc1ccc(OC)cc1)C1CCN([C@H](C)c2ccc(OC)cc2)C1=O. The molecule has 1 heterocycles. The van der Waals surface area contributed by atoms with Crippen molar-refractivity contribution in [1.82, 2.24) is 4.90 Å². The van der Waals surface area contributed by atoms with Crippen LogP contribution < -0.4 is 9.47 Å². The summed E-state index contributed by atoms with van der Waals surface area (Å²) in [6.07, 6.45) is 3.10. The summed E-state index contributed by atoms with van der Waals surface area (Å²) in [5, 5.41) is 0. The molecule has 1 fully saturated rings. The van der Waals surface area contributed by atoms with Crippen LogP contribution in [0.1, 0.15) is 36.9 Å². The summed E-state index contributed by atoms with van der Waals surface area (Å²) < 4.78 is 16.6. The minimum absolute atomic E-state index is 0.0133. The Morgan fingerprint density at radius 2 is 1.67 bits per heavy atom. The van der Waals surface area contributed by atoms with Crippen molar-refractivity contribution in [2.45, 2.75) is 38.5 Å². The van der Waals surface area contributed by atoms with Gasteiger partial charge in [-0.25, -0.2) is 0 Å². The first kappa shape index (κ1) is 21.9. The smallest absolute Gasteiger partial charge is 0.228 e. The van der Waals surface area contributed by atoms with Crippen molar-refractivity contribution in [2.24, 2.45) is 5.92 Å². The second kappa shape index (κ2) is 10.3. The van der Waals surface area contributed by atoms with Crippen LogP contribution in [0.3, 0.4) is 0 Å². The molecule has 5 heteroatoms. The summed E-state index contributed by atoms with van der Waals surface area (Å²) >= 11 is 0. The van der Waals surface area contributed by atoms with Crippen molar-refractivity contribution in [3.8, 4) is 11.5 Å². The predicted octanol–water partition coefficient (Wildman–Crippen LogP) is 4.77. The van der Waals surface area contributed by atoms with E-state index in [1.165, 1.54) is 0 Å². The first-order chi connectivity index (χ1) is 14.6. The van der Waals surface area contributed by atoms with Crippen LogP contribution in [-0.4, -0.2) is 37.7 Å². The van der Waals surface area contributed by atoms with E-state index in [9.17, 15) is 4.79 Å². The predicted molar refractivity (Wildman–Crippen MR) is 118 cm³/mol. The molecule has 2 aromatic carbocycles. The molecule has 0 aliphatic carbocycles. The molecule has 2 aromatic rings. The molecule has 30 heavy (non-hydrogen) atoms. The Kier molecular flexibility index (Phi) is 7.52. The fourth-order valence-electron chi connectivity index (χ4n) is 3.95. The van der Waals surface area contributed by atoms with Gasteiger partial charge in [-0.2, -0.15) is 0 Å². The van der Waals surface area contributed by atoms with Gasteiger partial charge in [0.2, 0.25) is 5.91 Å². The van der Waals surface area contributed by atoms with E-state index in [-0.39, 0.29) is 24.0 Å². The van der Waals surface area contributed by atoms with Gasteiger partial charge in [0, 0.05) is 6.54 Å². The summed E-state index contributed by atoms with van der Waals surface area (Å²) in [5.74, 6) is 1.63. The van der Waals surface area contributed by atoms with Crippen LogP contribution in [0.4, 0.5) is 0 Å². The van der Waals surface area contributed by atoms with Gasteiger partial charge >= 0.3 is 0 Å². The number of ether oxygens (including phenoxy) is 3. The first-order valence-corrected chi connectivity index (χ1v) is 10.4. The lowest BCUT2D eigenvalue weighted by atomic mass is 9.97. The summed E-state index contributed by atoms with van der Waals surface area (Å²) in [5.41, 5.74) is 2.16. The number of amides is 1. The van der Waals surface area contributed by atoms with Crippen LogP contribution in [0.15, 0.2) is 61.2 Å². The van der Waals surface area contributed by atoms with Crippen molar-refractivity contribution in [2.75, 3.05) is 20.8 Å². The molecule has 0 radical (unpaired) electrons. The molecule has 0 bridgehead atoms. The molecular weight excluding hydrogens is 378 g/mol. The molecule has 1 saturated heterocycles. The molecule has 3 atom stereocenters. The molecule has 0 spiro atoms. The van der Waals surface area contributed by atoms with Gasteiger partial charge in [0.25, 0.3) is 0 Å². The second-order valence-electron chi connectivity index (χ2n) is 7.60. The van der Waals surface area contributed by atoms with Gasteiger partial charge in [0.1, 0.15) is 11.5 Å². The number of hydrogen-bond donors (Lipinski definition) is 0. The monoisotopic (exact) mass is 409 g/mol. The van der Waals surface area contributed by atoms with Gasteiger partial charge < -0.3 is 19.1 Å². The number of hydrogen-bond acceptors (Lipinski definition) is 4. The molecular formula is C25H31NO4. The van der Waals surface area contributed by atoms with Crippen LogP contribution in [0.5, 0.6) is 11.5 Å². The number of nitrogens with zero attached hydrogens (tertiary/aromatic N) is 1. The number of methoxy groups -OCH3 is 2. The van der Waals surface area contributed by atoms with Gasteiger partial charge in [-0.15, -0.1) is 6.58 Å². The zero-order chi connectivity index (χ0) is 21.5. The van der Waals surface area contributed by atoms with E-state index >= 15 is 0 Å². The van der Waals surface area contributed by atoms with E-state index in [0.29, 0.717) is 13.0 Å². The number of rotatable bonds is 10. The Labute approximate surface area is 179 Å². The highest BCUT2D eigenvalue weighted by Crippen LogP contribution is 2.33. The highest BCUT2D eigenvalue weighted by molar-refractivity contribution is 5.82. The van der Waals surface area contributed by atoms with E-state index < -0.39 is 0 Å². The van der Waals surface area contributed by atoms with Crippen molar-refractivity contribution in [3.63, 3.8) is 0 Å². The van der Waals surface area contributed by atoms with Crippen molar-refractivity contribution in [1.29, 1.82) is 0 Å². The molecule has 1 amide bonds. The summed E-state index contributed by atoms with van der Waals surface area (Å²) in [4.78, 5) is 15.2. The summed E-state index contributed by atoms with van der Waals surface area (Å²) in [6, 6.07) is 15.7. The zero-order valence-electron chi connectivity index (χ0n) is 18.0. The molecule has 160 valence electrons. The van der Waals surface area contributed by atoms with E-state index in [1.54, 1.807) is 14.2 Å². The third-order valence-electron chi connectivity index (χ3n) is 5.82. The topological polar surface area (TPSA) is 48.0 Å². The largest absolute Gasteiger partial charge is 0.497 e. The Morgan fingerprint density at radius 3 is 2.23 bits per heavy atom. The Hall–Kier alpha value is -2.79. The van der Waals surface area contributed by atoms with E-state index in [2.05, 4.69) is 13.5 Å². The number of carbonyl (C=O) groups excluding carboxylic acids is 1. The van der Waals surface area contributed by atoms with Crippen LogP contribution in [0, 0.1) is 5.92 Å². The lowest BCUT2D eigenvalue weighted by molar-refractivity contribution is -0.137. The average Bonchev–Trinajstić information content (AvgIpc) is 3.17. The number of likely N-dealkylation sites (tertiary alicyclic amines) is 1. The standard InChI is InChI=1S/C25H31NO4/c1-5-6-24(30-17-19-7-11-21(28-3)12-8-19)23-15-16-26(25(23)27)18(2)20-9-13-22(29-4)14-10-20/h5,7-14,18,23-24H,1,6,15-17H2,2-4H3/t18-,23?,24-/m1/s1. The third kappa shape index (κ3) is 5.03. The van der Waals surface area contributed by atoms with Crippen LogP contribution >= 0.6 is 0 Å². The third-order valence-corrected chi connectivity index (χ3v) is 5.82. The Balaban J connectivity index is 1.64. The number of benzene rings is 2. The van der Waals surface area contributed by atoms with Gasteiger partial charge in [0.15, 0.2) is 0 Å². The summed E-state index contributed by atoms with van der Waals surface area (Å²) in [7, 11) is 3.30. The minimum Gasteiger partial charge on any atom is -0.497 e. The highest BCUT2D eigenvalue weighted by Gasteiger charge is 2.39. The lowest BCUT2D eigenvalue weighted by Crippen LogP contribution is -2.35. The second-order valence-corrected chi connectivity index (χ2v) is 7.60. The van der Waals surface area contributed by atoms with Gasteiger partial charge in [-0.3, -0.25) is 4.79 Å². The molecule has 0 aromatic heterocycles. The number of carbonyl (C=O) groups is 1. The Bertz CT molecular complexity index is 831. The van der Waals surface area contributed by atoms with Crippen molar-refractivity contribution in [3.05, 3.63) is 72.3 Å². The lowest BCUT2D eigenvalue weighted by Gasteiger charge is -2.27. The van der Waals surface area contributed by atoms with E-state index in [1.807, 2.05) is 59.5 Å². The maximum Gasteiger partial charge on any atom is 0.228 e. The van der Waals surface area contributed by atoms with Crippen LogP contribution in [0.25, 0.3) is 0 Å². The molecule has 0 saturated carbocycles. The van der Waals surface area contributed by atoms with Crippen LogP contribution in [-0.2, 0) is 16.1 Å². The molecule has 1 aliphatic rings. The zero-order valence-corrected chi connectivity index (χ0v) is 18.0. The average molecular weight is 410 g/mol. The van der Waals surface area contributed by atoms with E-state index in [4.69, 9.17) is 14.2 Å². The molecule has 1 aliphatic heterocycles. The van der Waals surface area contributed by atoms with Crippen molar-refractivity contribution >= 4 is 5.91 Å². The molecule has 0 N–H and O–H groups in total. The summed E-state index contributed by atoms with van der Waals surface area (Å²) in [6.45, 7) is 7.12. The van der Waals surface area contributed by atoms with Crippen molar-refractivity contribution < 1.29 is 19.0 Å². The quantitative estimate of drug-likeness (QED) is 0.530. The normalized spacial score (nSPS) is 18.2. The van der Waals surface area contributed by atoms with Gasteiger partial charge in [0.05, 0.1) is 38.9 Å². The Morgan fingerprint density at radius 1 is 1.07 bits per heavy atom. The minimum atomic E-state index is -0.176. The highest BCUT2D eigenvalue weighted by atomic mass is 16.5. The first-order valence-electron chi connectivity index (χ1n) is 10.4. The van der Waals surface area contributed by atoms with E-state index in [0.717, 1.165) is 35.6 Å². The van der Waals surface area contributed by atoms with Crippen LogP contribution in [0.2, 0.25) is 0 Å². The maximum atomic E-state index is 13.2. The fourth-order valence-corrected chi connectivity index (χ4v) is 3.95. The fraction of sp³-hybridized carbons (Fsp3) is 0.400. The molecule has 1 unspecified atom stereocenters. The van der Waals surface area contributed by atoms with Gasteiger partial charge in [-0.05, 0) is 55.2 Å². The molecule has 5 nitrogen and oxygen atoms in total. The van der Waals surface area contributed by atoms with Gasteiger partial charge in [-0.1, -0.05) is 30.3 Å². The maximum absolute atomic E-state index is 13.2.